The number of aryl methyl sites for hydroxylation is 1. The van der Waals surface area contributed by atoms with Crippen LogP contribution in [-0.2, 0) is 6.54 Å². The Labute approximate surface area is 191 Å². The average Bonchev–Trinajstić information content (AvgIpc) is 3.42. The number of hydrogen-bond acceptors (Lipinski definition) is 3. The zero-order valence-corrected chi connectivity index (χ0v) is 20.1. The van der Waals surface area contributed by atoms with Crippen LogP contribution in [0, 0.1) is 6.92 Å². The van der Waals surface area contributed by atoms with Gasteiger partial charge in [-0.3, -0.25) is 9.89 Å². The molecule has 0 bridgehead atoms. The molecule has 0 amide bonds. The third-order valence-corrected chi connectivity index (χ3v) is 6.18. The van der Waals surface area contributed by atoms with E-state index in [-0.39, 0.29) is 24.0 Å². The summed E-state index contributed by atoms with van der Waals surface area (Å²) in [6.07, 6.45) is 6.81. The smallest absolute Gasteiger partial charge is 0.191 e. The number of halogens is 1. The van der Waals surface area contributed by atoms with Gasteiger partial charge < -0.3 is 15.2 Å². The molecule has 1 atom stereocenters. The van der Waals surface area contributed by atoms with E-state index in [1.807, 2.05) is 6.07 Å². The lowest BCUT2D eigenvalue weighted by atomic mass is 10.2. The van der Waals surface area contributed by atoms with E-state index in [1.165, 1.54) is 44.2 Å². The van der Waals surface area contributed by atoms with Gasteiger partial charge in [0.1, 0.15) is 5.82 Å². The number of aliphatic imine (C=N–C) groups is 1. The first-order chi connectivity index (χ1) is 13.7. The Morgan fingerprint density at radius 1 is 1.21 bits per heavy atom. The minimum absolute atomic E-state index is 0. The van der Waals surface area contributed by atoms with Crippen LogP contribution < -0.4 is 10.6 Å². The molecule has 1 aromatic carbocycles. The fraction of sp³-hybridized carbons (Fsp3) is 0.636. The second kappa shape index (κ2) is 10.6. The predicted molar refractivity (Wildman–Crippen MR) is 131 cm³/mol. The molecule has 160 valence electrons. The largest absolute Gasteiger partial charge is 0.357 e. The summed E-state index contributed by atoms with van der Waals surface area (Å²) in [6, 6.07) is 9.66. The number of benzene rings is 1. The molecule has 29 heavy (non-hydrogen) atoms. The molecule has 2 aromatic rings. The van der Waals surface area contributed by atoms with Crippen molar-refractivity contribution in [1.82, 2.24) is 25.1 Å². The first kappa shape index (κ1) is 22.3. The fourth-order valence-corrected chi connectivity index (χ4v) is 4.76. The van der Waals surface area contributed by atoms with E-state index >= 15 is 0 Å². The van der Waals surface area contributed by atoms with Gasteiger partial charge >= 0.3 is 0 Å². The molecule has 2 N–H and O–H groups in total. The molecule has 0 radical (unpaired) electrons. The second-order valence-electron chi connectivity index (χ2n) is 8.12. The van der Waals surface area contributed by atoms with E-state index in [1.54, 1.807) is 0 Å². The van der Waals surface area contributed by atoms with E-state index in [0.717, 1.165) is 49.5 Å². The zero-order valence-electron chi connectivity index (χ0n) is 17.7. The highest BCUT2D eigenvalue weighted by Gasteiger charge is 2.30. The molecule has 1 saturated carbocycles. The Bertz CT molecular complexity index is 811. The quantitative estimate of drug-likeness (QED) is 0.355. The Balaban J connectivity index is 0.00000240. The Kier molecular flexibility index (Phi) is 8.17. The molecule has 1 aliphatic carbocycles. The molecule has 1 aromatic heterocycles. The minimum Gasteiger partial charge on any atom is -0.357 e. The molecular formula is C22H35IN6. The number of imidazole rings is 1. The summed E-state index contributed by atoms with van der Waals surface area (Å²) in [7, 11) is 0. The van der Waals surface area contributed by atoms with Gasteiger partial charge in [0.25, 0.3) is 0 Å². The summed E-state index contributed by atoms with van der Waals surface area (Å²) in [6.45, 7) is 9.06. The first-order valence-electron chi connectivity index (χ1n) is 11.0. The van der Waals surface area contributed by atoms with Crippen LogP contribution in [0.1, 0.15) is 44.9 Å². The van der Waals surface area contributed by atoms with Gasteiger partial charge in [-0.25, -0.2) is 4.98 Å². The number of nitrogens with one attached hydrogen (secondary N) is 2. The maximum absolute atomic E-state index is 4.85. The molecule has 1 unspecified atom stereocenters. The van der Waals surface area contributed by atoms with E-state index in [0.29, 0.717) is 6.04 Å². The van der Waals surface area contributed by atoms with Gasteiger partial charge in [-0.15, -0.1) is 24.0 Å². The van der Waals surface area contributed by atoms with Crippen LogP contribution in [-0.4, -0.2) is 58.7 Å². The van der Waals surface area contributed by atoms with Gasteiger partial charge in [0, 0.05) is 38.3 Å². The topological polar surface area (TPSA) is 57.5 Å². The van der Waals surface area contributed by atoms with Gasteiger partial charge in [-0.2, -0.15) is 0 Å². The highest BCUT2D eigenvalue weighted by molar-refractivity contribution is 14.0. The lowest BCUT2D eigenvalue weighted by molar-refractivity contribution is 0.242. The highest BCUT2D eigenvalue weighted by Crippen LogP contribution is 2.26. The molecule has 1 aliphatic heterocycles. The minimum atomic E-state index is 0. The van der Waals surface area contributed by atoms with Crippen molar-refractivity contribution in [3.05, 3.63) is 30.1 Å². The number of aromatic nitrogens is 2. The van der Waals surface area contributed by atoms with Crippen LogP contribution in [0.4, 0.5) is 0 Å². The third-order valence-electron chi connectivity index (χ3n) is 6.18. The zero-order chi connectivity index (χ0) is 19.3. The van der Waals surface area contributed by atoms with Crippen molar-refractivity contribution in [2.24, 2.45) is 4.99 Å². The molecule has 2 fully saturated rings. The summed E-state index contributed by atoms with van der Waals surface area (Å²) in [4.78, 5) is 12.2. The molecule has 4 rings (SSSR count). The summed E-state index contributed by atoms with van der Waals surface area (Å²) in [5, 5.41) is 7.10. The first-order valence-corrected chi connectivity index (χ1v) is 11.0. The molecule has 0 spiro atoms. The number of rotatable bonds is 6. The number of hydrogen-bond donors (Lipinski definition) is 2. The van der Waals surface area contributed by atoms with Crippen molar-refractivity contribution in [1.29, 1.82) is 0 Å². The van der Waals surface area contributed by atoms with Crippen molar-refractivity contribution in [3.8, 4) is 0 Å². The van der Waals surface area contributed by atoms with Gasteiger partial charge in [-0.1, -0.05) is 25.0 Å². The van der Waals surface area contributed by atoms with E-state index < -0.39 is 0 Å². The maximum atomic E-state index is 4.85. The Morgan fingerprint density at radius 3 is 2.79 bits per heavy atom. The Hall–Kier alpha value is -1.35. The number of guanidine groups is 1. The third kappa shape index (κ3) is 5.42. The van der Waals surface area contributed by atoms with Crippen LogP contribution in [0.25, 0.3) is 11.0 Å². The van der Waals surface area contributed by atoms with Crippen molar-refractivity contribution in [2.45, 2.75) is 64.6 Å². The normalized spacial score (nSPS) is 20.9. The molecular weight excluding hydrogens is 475 g/mol. The average molecular weight is 510 g/mol. The number of para-hydroxylation sites is 2. The van der Waals surface area contributed by atoms with Crippen molar-refractivity contribution in [2.75, 3.05) is 26.2 Å². The lowest BCUT2D eigenvalue weighted by Crippen LogP contribution is -2.45. The van der Waals surface area contributed by atoms with Crippen LogP contribution in [0.3, 0.4) is 0 Å². The Morgan fingerprint density at radius 2 is 2.00 bits per heavy atom. The summed E-state index contributed by atoms with van der Waals surface area (Å²) >= 11 is 0. The summed E-state index contributed by atoms with van der Waals surface area (Å²) in [5.74, 6) is 2.00. The highest BCUT2D eigenvalue weighted by atomic mass is 127. The maximum Gasteiger partial charge on any atom is 0.191 e. The van der Waals surface area contributed by atoms with Gasteiger partial charge in [0.05, 0.1) is 17.6 Å². The van der Waals surface area contributed by atoms with Crippen LogP contribution in [0.5, 0.6) is 0 Å². The van der Waals surface area contributed by atoms with Crippen molar-refractivity contribution < 1.29 is 0 Å². The SMILES string of the molecule is CCNC(=NCCn1c(C)nc2ccccc21)NC1CCN(C2CCCC2)C1.I. The molecule has 2 aliphatic rings. The molecule has 1 saturated heterocycles. The number of likely N-dealkylation sites (tertiary alicyclic amines) is 1. The van der Waals surface area contributed by atoms with E-state index in [4.69, 9.17) is 4.99 Å². The van der Waals surface area contributed by atoms with Gasteiger partial charge in [0.15, 0.2) is 5.96 Å². The van der Waals surface area contributed by atoms with E-state index in [9.17, 15) is 0 Å². The molecule has 2 heterocycles. The van der Waals surface area contributed by atoms with Crippen LogP contribution in [0.15, 0.2) is 29.3 Å². The number of fused-ring (bicyclic) bond motifs is 1. The molecule has 7 heteroatoms. The van der Waals surface area contributed by atoms with Gasteiger partial charge in [-0.05, 0) is 45.2 Å². The summed E-state index contributed by atoms with van der Waals surface area (Å²) in [5.41, 5.74) is 2.25. The van der Waals surface area contributed by atoms with Crippen LogP contribution >= 0.6 is 24.0 Å². The second-order valence-corrected chi connectivity index (χ2v) is 8.12. The van der Waals surface area contributed by atoms with Crippen LogP contribution in [0.2, 0.25) is 0 Å². The standard InChI is InChI=1S/C22H34N6.HI/c1-3-23-22(26-18-12-14-27(16-18)19-8-4-5-9-19)24-13-15-28-17(2)25-20-10-6-7-11-21(20)28;/h6-7,10-11,18-19H,3-5,8-9,12-16H2,1-2H3,(H2,23,24,26);1H. The molecule has 6 nitrogen and oxygen atoms in total. The number of nitrogens with zero attached hydrogens (tertiary/aromatic N) is 4. The fourth-order valence-electron chi connectivity index (χ4n) is 4.76. The monoisotopic (exact) mass is 510 g/mol. The predicted octanol–water partition coefficient (Wildman–Crippen LogP) is 3.53. The van der Waals surface area contributed by atoms with Crippen molar-refractivity contribution >= 4 is 41.0 Å². The van der Waals surface area contributed by atoms with Gasteiger partial charge in [0.2, 0.25) is 0 Å². The lowest BCUT2D eigenvalue weighted by Gasteiger charge is -2.24. The summed E-state index contributed by atoms with van der Waals surface area (Å²) < 4.78 is 2.26. The van der Waals surface area contributed by atoms with E-state index in [2.05, 4.69) is 57.1 Å². The van der Waals surface area contributed by atoms with Crippen molar-refractivity contribution in [3.63, 3.8) is 0 Å².